The molecule has 17 heavy (non-hydrogen) atoms. The third-order valence-corrected chi connectivity index (χ3v) is 4.61. The van der Waals surface area contributed by atoms with Gasteiger partial charge in [-0.3, -0.25) is 0 Å². The van der Waals surface area contributed by atoms with Crippen LogP contribution < -0.4 is 4.72 Å². The number of nitrogens with one attached hydrogen (secondary N) is 1. The molecule has 0 fully saturated rings. The van der Waals surface area contributed by atoms with Crippen LogP contribution in [0.25, 0.3) is 0 Å². The lowest BCUT2D eigenvalue weighted by molar-refractivity contribution is 0.577. The SMILES string of the molecule is N#CCCCCNS(=O)(=O)c1ccccc1Br. The van der Waals surface area contributed by atoms with Crippen molar-refractivity contribution in [2.45, 2.75) is 24.2 Å². The highest BCUT2D eigenvalue weighted by Gasteiger charge is 2.15. The van der Waals surface area contributed by atoms with E-state index in [1.807, 2.05) is 6.07 Å². The van der Waals surface area contributed by atoms with Crippen LogP contribution in [0.5, 0.6) is 0 Å². The Kier molecular flexibility index (Phi) is 5.62. The predicted molar refractivity (Wildman–Crippen MR) is 68.8 cm³/mol. The van der Waals surface area contributed by atoms with Crippen LogP contribution in [0.4, 0.5) is 0 Å². The van der Waals surface area contributed by atoms with Crippen LogP contribution in [-0.2, 0) is 10.0 Å². The van der Waals surface area contributed by atoms with Gasteiger partial charge >= 0.3 is 0 Å². The van der Waals surface area contributed by atoms with Gasteiger partial charge in [0.25, 0.3) is 0 Å². The van der Waals surface area contributed by atoms with Crippen LogP contribution in [0.1, 0.15) is 19.3 Å². The van der Waals surface area contributed by atoms with E-state index >= 15 is 0 Å². The molecule has 1 aromatic carbocycles. The summed E-state index contributed by atoms with van der Waals surface area (Å²) in [5.41, 5.74) is 0. The van der Waals surface area contributed by atoms with Crippen LogP contribution >= 0.6 is 15.9 Å². The van der Waals surface area contributed by atoms with E-state index in [2.05, 4.69) is 20.7 Å². The standard InChI is InChI=1S/C11H13BrN2O2S/c12-10-6-2-3-7-11(10)17(15,16)14-9-5-1-4-8-13/h2-3,6-7,14H,1,4-5,9H2. The van der Waals surface area contributed by atoms with Crippen LogP contribution in [0.3, 0.4) is 0 Å². The second-order valence-corrected chi connectivity index (χ2v) is 6.03. The lowest BCUT2D eigenvalue weighted by Crippen LogP contribution is -2.25. The molecule has 0 bridgehead atoms. The van der Waals surface area contributed by atoms with E-state index in [1.165, 1.54) is 0 Å². The zero-order valence-electron chi connectivity index (χ0n) is 9.19. The Morgan fingerprint density at radius 2 is 2.00 bits per heavy atom. The molecule has 0 heterocycles. The Morgan fingerprint density at radius 1 is 1.29 bits per heavy atom. The number of rotatable bonds is 6. The van der Waals surface area contributed by atoms with Crippen molar-refractivity contribution in [1.29, 1.82) is 5.26 Å². The first-order valence-corrected chi connectivity index (χ1v) is 7.46. The van der Waals surface area contributed by atoms with Gasteiger partial charge in [0, 0.05) is 17.4 Å². The Balaban J connectivity index is 2.59. The summed E-state index contributed by atoms with van der Waals surface area (Å²) < 4.78 is 26.8. The summed E-state index contributed by atoms with van der Waals surface area (Å²) in [5, 5.41) is 8.34. The van der Waals surface area contributed by atoms with Crippen molar-refractivity contribution >= 4 is 26.0 Å². The molecular formula is C11H13BrN2O2S. The maximum atomic E-state index is 11.9. The van der Waals surface area contributed by atoms with Crippen molar-refractivity contribution in [3.8, 4) is 6.07 Å². The zero-order chi connectivity index (χ0) is 12.7. The van der Waals surface area contributed by atoms with E-state index in [-0.39, 0.29) is 4.90 Å². The topological polar surface area (TPSA) is 70.0 Å². The maximum Gasteiger partial charge on any atom is 0.241 e. The van der Waals surface area contributed by atoms with Crippen molar-refractivity contribution in [3.05, 3.63) is 28.7 Å². The summed E-state index contributed by atoms with van der Waals surface area (Å²) in [4.78, 5) is 0.236. The minimum atomic E-state index is -3.46. The molecular weight excluding hydrogens is 304 g/mol. The van der Waals surface area contributed by atoms with E-state index in [1.54, 1.807) is 24.3 Å². The number of benzene rings is 1. The Bertz CT molecular complexity index is 508. The van der Waals surface area contributed by atoms with Gasteiger partial charge in [-0.1, -0.05) is 12.1 Å². The Labute approximate surface area is 110 Å². The minimum absolute atomic E-state index is 0.236. The average Bonchev–Trinajstić information content (AvgIpc) is 2.29. The number of sulfonamides is 1. The molecule has 0 aliphatic carbocycles. The maximum absolute atomic E-state index is 11.9. The van der Waals surface area contributed by atoms with Crippen molar-refractivity contribution in [2.75, 3.05) is 6.54 Å². The second kappa shape index (κ2) is 6.74. The van der Waals surface area contributed by atoms with Gasteiger partial charge in [-0.05, 0) is 40.9 Å². The highest BCUT2D eigenvalue weighted by atomic mass is 79.9. The molecule has 0 radical (unpaired) electrons. The first-order valence-electron chi connectivity index (χ1n) is 5.19. The normalized spacial score (nSPS) is 11.1. The van der Waals surface area contributed by atoms with Crippen molar-refractivity contribution in [1.82, 2.24) is 4.72 Å². The van der Waals surface area contributed by atoms with E-state index < -0.39 is 10.0 Å². The van der Waals surface area contributed by atoms with Gasteiger partial charge in [0.2, 0.25) is 10.0 Å². The largest absolute Gasteiger partial charge is 0.241 e. The lowest BCUT2D eigenvalue weighted by Gasteiger charge is -2.07. The fourth-order valence-electron chi connectivity index (χ4n) is 1.28. The van der Waals surface area contributed by atoms with Crippen molar-refractivity contribution in [2.24, 2.45) is 0 Å². The molecule has 4 nitrogen and oxygen atoms in total. The van der Waals surface area contributed by atoms with E-state index in [0.717, 1.165) is 0 Å². The molecule has 0 saturated carbocycles. The van der Waals surface area contributed by atoms with Gasteiger partial charge in [-0.25, -0.2) is 13.1 Å². The first-order chi connectivity index (χ1) is 8.08. The summed E-state index contributed by atoms with van der Waals surface area (Å²) in [6.45, 7) is 0.353. The summed E-state index contributed by atoms with van der Waals surface area (Å²) in [6, 6.07) is 8.69. The zero-order valence-corrected chi connectivity index (χ0v) is 11.6. The third-order valence-electron chi connectivity index (χ3n) is 2.13. The molecule has 1 aromatic rings. The summed E-state index contributed by atoms with van der Waals surface area (Å²) >= 11 is 3.20. The summed E-state index contributed by atoms with van der Waals surface area (Å²) in [7, 11) is -3.46. The average molecular weight is 317 g/mol. The molecule has 0 saturated heterocycles. The van der Waals surface area contributed by atoms with Crippen LogP contribution in [0.15, 0.2) is 33.6 Å². The molecule has 0 aromatic heterocycles. The smallest absolute Gasteiger partial charge is 0.211 e. The molecule has 0 aliphatic rings. The Morgan fingerprint density at radius 3 is 2.65 bits per heavy atom. The third kappa shape index (κ3) is 4.46. The van der Waals surface area contributed by atoms with Gasteiger partial charge in [-0.15, -0.1) is 0 Å². The molecule has 1 N–H and O–H groups in total. The fourth-order valence-corrected chi connectivity index (χ4v) is 3.35. The predicted octanol–water partition coefficient (Wildman–Crippen LogP) is 2.42. The van der Waals surface area contributed by atoms with E-state index in [0.29, 0.717) is 30.3 Å². The quantitative estimate of drug-likeness (QED) is 0.819. The fraction of sp³-hybridized carbons (Fsp3) is 0.364. The summed E-state index contributed by atoms with van der Waals surface area (Å²) in [6.07, 6.45) is 1.82. The number of hydrogen-bond donors (Lipinski definition) is 1. The number of hydrogen-bond acceptors (Lipinski definition) is 3. The van der Waals surface area contributed by atoms with Crippen LogP contribution in [-0.4, -0.2) is 15.0 Å². The minimum Gasteiger partial charge on any atom is -0.211 e. The highest BCUT2D eigenvalue weighted by Crippen LogP contribution is 2.20. The molecule has 92 valence electrons. The molecule has 0 amide bonds. The first kappa shape index (κ1) is 14.2. The van der Waals surface area contributed by atoms with Crippen molar-refractivity contribution < 1.29 is 8.42 Å². The van der Waals surface area contributed by atoms with Gasteiger partial charge in [0.05, 0.1) is 11.0 Å². The second-order valence-electron chi connectivity index (χ2n) is 3.44. The van der Waals surface area contributed by atoms with E-state index in [9.17, 15) is 8.42 Å². The van der Waals surface area contributed by atoms with Gasteiger partial charge in [0.15, 0.2) is 0 Å². The molecule has 1 rings (SSSR count). The van der Waals surface area contributed by atoms with Crippen molar-refractivity contribution in [3.63, 3.8) is 0 Å². The van der Waals surface area contributed by atoms with Gasteiger partial charge in [0.1, 0.15) is 0 Å². The molecule has 0 aliphatic heterocycles. The number of unbranched alkanes of at least 4 members (excludes halogenated alkanes) is 2. The van der Waals surface area contributed by atoms with Gasteiger partial charge < -0.3 is 0 Å². The number of nitriles is 1. The number of nitrogens with zero attached hydrogens (tertiary/aromatic N) is 1. The number of halogens is 1. The lowest BCUT2D eigenvalue weighted by atomic mass is 10.2. The Hall–Kier alpha value is -0.900. The molecule has 0 atom stereocenters. The monoisotopic (exact) mass is 316 g/mol. The molecule has 0 unspecified atom stereocenters. The highest BCUT2D eigenvalue weighted by molar-refractivity contribution is 9.10. The van der Waals surface area contributed by atoms with Crippen LogP contribution in [0.2, 0.25) is 0 Å². The van der Waals surface area contributed by atoms with Crippen LogP contribution in [0, 0.1) is 11.3 Å². The molecule has 0 spiro atoms. The van der Waals surface area contributed by atoms with Gasteiger partial charge in [-0.2, -0.15) is 5.26 Å². The van der Waals surface area contributed by atoms with E-state index in [4.69, 9.17) is 5.26 Å². The molecule has 6 heteroatoms. The summed E-state index contributed by atoms with van der Waals surface area (Å²) in [5.74, 6) is 0.